The molecule has 0 spiro atoms. The molecule has 0 aromatic heterocycles. The molecule has 2 atom stereocenters. The number of benzene rings is 3. The van der Waals surface area contributed by atoms with Crippen LogP contribution in [-0.2, 0) is 19.1 Å². The van der Waals surface area contributed by atoms with Crippen molar-refractivity contribution in [2.45, 2.75) is 32.5 Å². The molecule has 0 fully saturated rings. The second-order valence-electron chi connectivity index (χ2n) is 7.93. The largest absolute Gasteiger partial charge is 0.468 e. The van der Waals surface area contributed by atoms with Crippen molar-refractivity contribution in [3.05, 3.63) is 89.5 Å². The second kappa shape index (κ2) is 11.1. The quantitative estimate of drug-likeness (QED) is 0.400. The van der Waals surface area contributed by atoms with Crippen LogP contribution in [0.25, 0.3) is 0 Å². The number of carbonyl (C=O) groups excluding carboxylic acids is 2. The molecule has 33 heavy (non-hydrogen) atoms. The van der Waals surface area contributed by atoms with Gasteiger partial charge < -0.3 is 14.8 Å². The van der Waals surface area contributed by atoms with Gasteiger partial charge in [-0.2, -0.15) is 0 Å². The Balaban J connectivity index is 2.19. The number of rotatable bonds is 8. The molecule has 0 aliphatic carbocycles. The van der Waals surface area contributed by atoms with Gasteiger partial charge in [0, 0.05) is 5.69 Å². The molecular weight excluding hydrogens is 433 g/mol. The van der Waals surface area contributed by atoms with E-state index in [1.54, 1.807) is 0 Å². The van der Waals surface area contributed by atoms with E-state index in [0.29, 0.717) is 0 Å². The number of methoxy groups -OCH3 is 2. The normalized spacial score (nSPS) is 12.7. The van der Waals surface area contributed by atoms with Crippen molar-refractivity contribution < 1.29 is 19.1 Å². The minimum atomic E-state index is -1.30. The van der Waals surface area contributed by atoms with Gasteiger partial charge >= 0.3 is 11.9 Å². The van der Waals surface area contributed by atoms with E-state index < -0.39 is 31.6 Å². The molecule has 1 N–H and O–H groups in total. The zero-order valence-corrected chi connectivity index (χ0v) is 20.6. The van der Waals surface area contributed by atoms with Crippen molar-refractivity contribution in [1.29, 1.82) is 0 Å². The predicted molar refractivity (Wildman–Crippen MR) is 135 cm³/mol. The highest BCUT2D eigenvalue weighted by Gasteiger charge is 2.43. The zero-order valence-electron chi connectivity index (χ0n) is 19.7. The Labute approximate surface area is 196 Å². The maximum Gasteiger partial charge on any atom is 0.329 e. The molecular formula is C27H30NO4P. The van der Waals surface area contributed by atoms with Crippen LogP contribution >= 0.6 is 7.92 Å². The molecule has 172 valence electrons. The van der Waals surface area contributed by atoms with E-state index in [2.05, 4.69) is 5.32 Å². The SMILES string of the molecule is COC(=O)[C@@H](Nc1c(C)cc(C)cc1C)[C@H](C(=O)OC)P(c1ccccc1)c1ccccc1. The number of carbonyl (C=O) groups is 2. The first-order valence-corrected chi connectivity index (χ1v) is 12.2. The van der Waals surface area contributed by atoms with Gasteiger partial charge in [0.05, 0.1) is 14.2 Å². The zero-order chi connectivity index (χ0) is 24.0. The molecule has 0 saturated carbocycles. The summed E-state index contributed by atoms with van der Waals surface area (Å²) in [5, 5.41) is 5.32. The molecule has 0 heterocycles. The summed E-state index contributed by atoms with van der Waals surface area (Å²) in [6.07, 6.45) is 0. The average molecular weight is 464 g/mol. The number of hydrogen-bond acceptors (Lipinski definition) is 5. The Bertz CT molecular complexity index is 1040. The van der Waals surface area contributed by atoms with Crippen molar-refractivity contribution in [2.75, 3.05) is 19.5 Å². The third-order valence-electron chi connectivity index (χ3n) is 5.54. The van der Waals surface area contributed by atoms with Gasteiger partial charge in [0.1, 0.15) is 11.7 Å². The monoisotopic (exact) mass is 463 g/mol. The van der Waals surface area contributed by atoms with Gasteiger partial charge in [0.15, 0.2) is 0 Å². The first-order valence-electron chi connectivity index (χ1n) is 10.8. The molecule has 0 unspecified atom stereocenters. The van der Waals surface area contributed by atoms with Crippen LogP contribution < -0.4 is 15.9 Å². The molecule has 0 radical (unpaired) electrons. The lowest BCUT2D eigenvalue weighted by atomic mass is 10.0. The molecule has 3 aromatic rings. The fourth-order valence-corrected chi connectivity index (χ4v) is 6.85. The highest BCUT2D eigenvalue weighted by atomic mass is 31.1. The number of nitrogens with one attached hydrogen (secondary N) is 1. The van der Waals surface area contributed by atoms with Crippen molar-refractivity contribution >= 4 is 36.2 Å². The summed E-state index contributed by atoms with van der Waals surface area (Å²) < 4.78 is 10.4. The molecule has 6 heteroatoms. The molecule has 5 nitrogen and oxygen atoms in total. The van der Waals surface area contributed by atoms with E-state index >= 15 is 0 Å². The first-order chi connectivity index (χ1) is 15.9. The Morgan fingerprint density at radius 3 is 1.64 bits per heavy atom. The van der Waals surface area contributed by atoms with E-state index in [0.717, 1.165) is 33.0 Å². The topological polar surface area (TPSA) is 64.6 Å². The van der Waals surface area contributed by atoms with Gasteiger partial charge in [0.2, 0.25) is 0 Å². The summed E-state index contributed by atoms with van der Waals surface area (Å²) in [6, 6.07) is 22.8. The van der Waals surface area contributed by atoms with Gasteiger partial charge in [-0.05, 0) is 50.4 Å². The maximum absolute atomic E-state index is 13.3. The minimum absolute atomic E-state index is 0.459. The molecule has 0 aliphatic rings. The predicted octanol–water partition coefficient (Wildman–Crippen LogP) is 4.24. The fourth-order valence-electron chi connectivity index (χ4n) is 4.12. The molecule has 0 amide bonds. The number of anilines is 1. The average Bonchev–Trinajstić information content (AvgIpc) is 2.82. The lowest BCUT2D eigenvalue weighted by molar-refractivity contribution is -0.147. The molecule has 0 bridgehead atoms. The van der Waals surface area contributed by atoms with E-state index in [-0.39, 0.29) is 0 Å². The van der Waals surface area contributed by atoms with Crippen molar-refractivity contribution in [3.63, 3.8) is 0 Å². The fraction of sp³-hybridized carbons (Fsp3) is 0.259. The molecule has 0 saturated heterocycles. The Morgan fingerprint density at radius 2 is 1.21 bits per heavy atom. The Morgan fingerprint density at radius 1 is 0.758 bits per heavy atom. The van der Waals surface area contributed by atoms with Crippen LogP contribution in [0.15, 0.2) is 72.8 Å². The van der Waals surface area contributed by atoms with Gasteiger partial charge in [-0.3, -0.25) is 4.79 Å². The third-order valence-corrected chi connectivity index (χ3v) is 8.31. The summed E-state index contributed by atoms with van der Waals surface area (Å²) in [5.74, 6) is -0.969. The summed E-state index contributed by atoms with van der Waals surface area (Å²) in [6.45, 7) is 6.00. The van der Waals surface area contributed by atoms with Crippen molar-refractivity contribution in [2.24, 2.45) is 0 Å². The number of aryl methyl sites for hydroxylation is 3. The van der Waals surface area contributed by atoms with Crippen LogP contribution in [0, 0.1) is 20.8 Å². The van der Waals surface area contributed by atoms with Crippen LogP contribution in [0.5, 0.6) is 0 Å². The van der Waals surface area contributed by atoms with Crippen molar-refractivity contribution in [3.8, 4) is 0 Å². The van der Waals surface area contributed by atoms with Crippen LogP contribution in [0.1, 0.15) is 16.7 Å². The van der Waals surface area contributed by atoms with Gasteiger partial charge in [-0.25, -0.2) is 4.79 Å². The maximum atomic E-state index is 13.3. The summed E-state index contributed by atoms with van der Waals surface area (Å²) in [4.78, 5) is 26.5. The van der Waals surface area contributed by atoms with Crippen molar-refractivity contribution in [1.82, 2.24) is 0 Å². The number of esters is 2. The summed E-state index contributed by atoms with van der Waals surface area (Å²) in [5.41, 5.74) is 3.14. The van der Waals surface area contributed by atoms with Crippen LogP contribution in [0.4, 0.5) is 5.69 Å². The number of hydrogen-bond donors (Lipinski definition) is 1. The van der Waals surface area contributed by atoms with E-state index in [4.69, 9.17) is 9.47 Å². The van der Waals surface area contributed by atoms with Crippen LogP contribution in [-0.4, -0.2) is 37.9 Å². The second-order valence-corrected chi connectivity index (χ2v) is 10.3. The van der Waals surface area contributed by atoms with Crippen LogP contribution in [0.2, 0.25) is 0 Å². The standard InChI is InChI=1S/C27H30NO4P/c1-18-16-19(2)23(20(3)17-18)28-24(26(29)31-4)25(27(30)32-5)33(21-12-8-6-9-13-21)22-14-10-7-11-15-22/h6-17,24-25,28H,1-5H3/t24-,25+/m0/s1. The highest BCUT2D eigenvalue weighted by molar-refractivity contribution is 7.74. The third kappa shape index (κ3) is 5.61. The lowest BCUT2D eigenvalue weighted by Gasteiger charge is -2.33. The molecule has 0 aliphatic heterocycles. The smallest absolute Gasteiger partial charge is 0.329 e. The van der Waals surface area contributed by atoms with Gasteiger partial charge in [-0.1, -0.05) is 78.4 Å². The lowest BCUT2D eigenvalue weighted by Crippen LogP contribution is -2.48. The molecule has 3 rings (SSSR count). The Kier molecular flexibility index (Phi) is 8.24. The van der Waals surface area contributed by atoms with E-state index in [1.807, 2.05) is 93.6 Å². The van der Waals surface area contributed by atoms with E-state index in [9.17, 15) is 9.59 Å². The summed E-state index contributed by atoms with van der Waals surface area (Å²) >= 11 is 0. The van der Waals surface area contributed by atoms with Gasteiger partial charge in [0.25, 0.3) is 0 Å². The minimum Gasteiger partial charge on any atom is -0.468 e. The first kappa shape index (κ1) is 24.5. The highest BCUT2D eigenvalue weighted by Crippen LogP contribution is 2.43. The van der Waals surface area contributed by atoms with Crippen LogP contribution in [0.3, 0.4) is 0 Å². The Hall–Kier alpha value is -3.17. The summed E-state index contributed by atoms with van der Waals surface area (Å²) in [7, 11) is 1.40. The number of ether oxygens (including phenoxy) is 2. The van der Waals surface area contributed by atoms with Gasteiger partial charge in [-0.15, -0.1) is 0 Å². The van der Waals surface area contributed by atoms with E-state index in [1.165, 1.54) is 14.2 Å². The molecule has 3 aromatic carbocycles.